The van der Waals surface area contributed by atoms with E-state index in [1.807, 2.05) is 12.3 Å². The lowest BCUT2D eigenvalue weighted by molar-refractivity contribution is -0.145. The highest BCUT2D eigenvalue weighted by Gasteiger charge is 2.57. The number of esters is 1. The molecular formula is C25H38O4. The maximum absolute atomic E-state index is 12.8. The SMILES string of the molecule is COC(=O)C1=CC(OCC(C)C)C2C(C)(C)CCCC2(C)C1CCc1ccoc1. The topological polar surface area (TPSA) is 48.7 Å². The number of aryl methyl sites for hydroxylation is 1. The Balaban J connectivity index is 2.01. The predicted molar refractivity (Wildman–Crippen MR) is 114 cm³/mol. The summed E-state index contributed by atoms with van der Waals surface area (Å²) >= 11 is 0. The van der Waals surface area contributed by atoms with Gasteiger partial charge in [0.1, 0.15) is 0 Å². The molecule has 2 aliphatic rings. The van der Waals surface area contributed by atoms with Crippen LogP contribution in [-0.4, -0.2) is 25.8 Å². The molecule has 4 unspecified atom stereocenters. The number of hydrogen-bond acceptors (Lipinski definition) is 4. The first-order valence-corrected chi connectivity index (χ1v) is 11.1. The van der Waals surface area contributed by atoms with Crippen LogP contribution in [0.4, 0.5) is 0 Å². The lowest BCUT2D eigenvalue weighted by Crippen LogP contribution is -2.55. The number of carbonyl (C=O) groups excluding carboxylic acids is 1. The Labute approximate surface area is 176 Å². The van der Waals surface area contributed by atoms with E-state index in [1.165, 1.54) is 25.5 Å². The van der Waals surface area contributed by atoms with Gasteiger partial charge >= 0.3 is 5.97 Å². The van der Waals surface area contributed by atoms with Gasteiger partial charge in [-0.2, -0.15) is 0 Å². The fraction of sp³-hybridized carbons (Fsp3) is 0.720. The van der Waals surface area contributed by atoms with Crippen molar-refractivity contribution in [3.8, 4) is 0 Å². The zero-order valence-corrected chi connectivity index (χ0v) is 19.0. The molecule has 0 aliphatic heterocycles. The van der Waals surface area contributed by atoms with Crippen LogP contribution in [0.1, 0.15) is 65.9 Å². The molecule has 29 heavy (non-hydrogen) atoms. The number of carbonyl (C=O) groups is 1. The third-order valence-electron chi connectivity index (χ3n) is 7.28. The van der Waals surface area contributed by atoms with E-state index in [4.69, 9.17) is 13.9 Å². The van der Waals surface area contributed by atoms with Crippen LogP contribution in [0.25, 0.3) is 0 Å². The Morgan fingerprint density at radius 2 is 2.03 bits per heavy atom. The first kappa shape index (κ1) is 22.1. The van der Waals surface area contributed by atoms with Crippen molar-refractivity contribution in [1.29, 1.82) is 0 Å². The Morgan fingerprint density at radius 1 is 1.28 bits per heavy atom. The molecule has 1 saturated carbocycles. The molecule has 0 aromatic carbocycles. The molecule has 1 heterocycles. The molecule has 1 fully saturated rings. The molecule has 3 rings (SSSR count). The zero-order valence-electron chi connectivity index (χ0n) is 19.0. The third kappa shape index (κ3) is 4.47. The number of hydrogen-bond donors (Lipinski definition) is 0. The van der Waals surface area contributed by atoms with E-state index in [-0.39, 0.29) is 28.8 Å². The summed E-state index contributed by atoms with van der Waals surface area (Å²) in [4.78, 5) is 12.8. The summed E-state index contributed by atoms with van der Waals surface area (Å²) < 4.78 is 16.9. The molecule has 4 heteroatoms. The van der Waals surface area contributed by atoms with Crippen LogP contribution in [-0.2, 0) is 20.7 Å². The Morgan fingerprint density at radius 3 is 2.66 bits per heavy atom. The summed E-state index contributed by atoms with van der Waals surface area (Å²) in [5.74, 6) is 0.795. The minimum Gasteiger partial charge on any atom is -0.472 e. The van der Waals surface area contributed by atoms with E-state index in [2.05, 4.69) is 40.7 Å². The van der Waals surface area contributed by atoms with Gasteiger partial charge in [0.2, 0.25) is 0 Å². The minimum atomic E-state index is -0.205. The quantitative estimate of drug-likeness (QED) is 0.540. The van der Waals surface area contributed by atoms with Gasteiger partial charge in [-0.25, -0.2) is 4.79 Å². The number of methoxy groups -OCH3 is 1. The van der Waals surface area contributed by atoms with Gasteiger partial charge in [-0.1, -0.05) is 41.0 Å². The van der Waals surface area contributed by atoms with Crippen LogP contribution in [0.5, 0.6) is 0 Å². The smallest absolute Gasteiger partial charge is 0.333 e. The summed E-state index contributed by atoms with van der Waals surface area (Å²) in [6, 6.07) is 2.02. The molecule has 4 atom stereocenters. The van der Waals surface area contributed by atoms with Crippen LogP contribution in [0, 0.1) is 28.6 Å². The number of fused-ring (bicyclic) bond motifs is 1. The fourth-order valence-corrected chi connectivity index (χ4v) is 6.09. The third-order valence-corrected chi connectivity index (χ3v) is 7.28. The van der Waals surface area contributed by atoms with E-state index < -0.39 is 0 Å². The maximum Gasteiger partial charge on any atom is 0.333 e. The molecule has 0 amide bonds. The van der Waals surface area contributed by atoms with Crippen LogP contribution in [0.3, 0.4) is 0 Å². The average Bonchev–Trinajstić information content (AvgIpc) is 3.16. The fourth-order valence-electron chi connectivity index (χ4n) is 6.09. The summed E-state index contributed by atoms with van der Waals surface area (Å²) in [7, 11) is 1.49. The van der Waals surface area contributed by atoms with Crippen molar-refractivity contribution in [2.75, 3.05) is 13.7 Å². The van der Waals surface area contributed by atoms with E-state index in [1.54, 1.807) is 6.26 Å². The first-order valence-electron chi connectivity index (χ1n) is 11.1. The maximum atomic E-state index is 12.8. The predicted octanol–water partition coefficient (Wildman–Crippen LogP) is 5.82. The largest absolute Gasteiger partial charge is 0.472 e. The van der Waals surface area contributed by atoms with Crippen molar-refractivity contribution in [2.24, 2.45) is 28.6 Å². The number of ether oxygens (including phenoxy) is 2. The molecule has 0 spiro atoms. The second kappa shape index (κ2) is 8.67. The van der Waals surface area contributed by atoms with E-state index in [9.17, 15) is 4.79 Å². The van der Waals surface area contributed by atoms with Gasteiger partial charge in [0, 0.05) is 12.2 Å². The molecule has 0 saturated heterocycles. The molecule has 0 N–H and O–H groups in total. The van der Waals surface area contributed by atoms with Crippen molar-refractivity contribution < 1.29 is 18.7 Å². The molecule has 162 valence electrons. The van der Waals surface area contributed by atoms with Crippen LogP contribution < -0.4 is 0 Å². The summed E-state index contributed by atoms with van der Waals surface area (Å²) in [5, 5.41) is 0. The van der Waals surface area contributed by atoms with Crippen molar-refractivity contribution in [3.05, 3.63) is 35.8 Å². The molecule has 1 aromatic heterocycles. The van der Waals surface area contributed by atoms with Gasteiger partial charge in [-0.3, -0.25) is 0 Å². The summed E-state index contributed by atoms with van der Waals surface area (Å²) in [6.07, 6.45) is 10.9. The minimum absolute atomic E-state index is 0.00536. The average molecular weight is 403 g/mol. The second-order valence-corrected chi connectivity index (χ2v) is 10.4. The summed E-state index contributed by atoms with van der Waals surface area (Å²) in [5.41, 5.74) is 2.16. The molecule has 0 radical (unpaired) electrons. The van der Waals surface area contributed by atoms with Crippen LogP contribution in [0.2, 0.25) is 0 Å². The van der Waals surface area contributed by atoms with Crippen LogP contribution >= 0.6 is 0 Å². The standard InChI is InChI=1S/C25H38O4/c1-17(2)15-29-21-14-19(23(26)27-6)20(9-8-18-10-13-28-16-18)25(5)12-7-11-24(3,4)22(21)25/h10,13-14,16-17,20-22H,7-9,11-12,15H2,1-6H3. The van der Waals surface area contributed by atoms with E-state index >= 15 is 0 Å². The molecular weight excluding hydrogens is 364 g/mol. The van der Waals surface area contributed by atoms with Gasteiger partial charge in [-0.15, -0.1) is 0 Å². The Bertz CT molecular complexity index is 715. The van der Waals surface area contributed by atoms with Gasteiger partial charge < -0.3 is 13.9 Å². The second-order valence-electron chi connectivity index (χ2n) is 10.4. The van der Waals surface area contributed by atoms with Crippen molar-refractivity contribution in [1.82, 2.24) is 0 Å². The highest BCUT2D eigenvalue weighted by molar-refractivity contribution is 5.89. The van der Waals surface area contributed by atoms with Gasteiger partial charge in [0.15, 0.2) is 0 Å². The Hall–Kier alpha value is -1.55. The van der Waals surface area contributed by atoms with Gasteiger partial charge in [-0.05, 0) is 72.0 Å². The van der Waals surface area contributed by atoms with Crippen molar-refractivity contribution in [2.45, 2.75) is 72.8 Å². The molecule has 0 bridgehead atoms. The highest BCUT2D eigenvalue weighted by Crippen LogP contribution is 2.61. The van der Waals surface area contributed by atoms with E-state index in [0.29, 0.717) is 18.4 Å². The Kier molecular flexibility index (Phi) is 6.62. The zero-order chi connectivity index (χ0) is 21.2. The number of furan rings is 1. The lowest BCUT2D eigenvalue weighted by atomic mass is 9.47. The van der Waals surface area contributed by atoms with Crippen molar-refractivity contribution >= 4 is 5.97 Å². The van der Waals surface area contributed by atoms with Gasteiger partial charge in [0.05, 0.1) is 25.7 Å². The molecule has 4 nitrogen and oxygen atoms in total. The van der Waals surface area contributed by atoms with E-state index in [0.717, 1.165) is 24.8 Å². The van der Waals surface area contributed by atoms with Gasteiger partial charge in [0.25, 0.3) is 0 Å². The normalized spacial score (nSPS) is 31.3. The summed E-state index contributed by atoms with van der Waals surface area (Å²) in [6.45, 7) is 12.2. The monoisotopic (exact) mass is 402 g/mol. The van der Waals surface area contributed by atoms with Crippen molar-refractivity contribution in [3.63, 3.8) is 0 Å². The molecule has 1 aromatic rings. The highest BCUT2D eigenvalue weighted by atomic mass is 16.5. The van der Waals surface area contributed by atoms with Crippen LogP contribution in [0.15, 0.2) is 34.7 Å². The number of rotatable bonds is 7. The first-order chi connectivity index (χ1) is 13.7. The lowest BCUT2D eigenvalue weighted by Gasteiger charge is -2.59. The molecule has 2 aliphatic carbocycles.